The molecule has 2 N–H and O–H groups in total. The molecule has 3 rings (SSSR count). The normalized spacial score (nSPS) is 16.3. The monoisotopic (exact) mass is 259 g/mol. The van der Waals surface area contributed by atoms with Gasteiger partial charge in [-0.3, -0.25) is 0 Å². The molecule has 0 saturated carbocycles. The minimum absolute atomic E-state index is 0.451. The van der Waals surface area contributed by atoms with Crippen molar-refractivity contribution >= 4 is 11.8 Å². The summed E-state index contributed by atoms with van der Waals surface area (Å²) in [4.78, 5) is 10.6. The van der Waals surface area contributed by atoms with Crippen LogP contribution >= 0.6 is 0 Å². The molecule has 0 unspecified atom stereocenters. The average molecular weight is 259 g/mol. The molecule has 0 amide bonds. The zero-order chi connectivity index (χ0) is 13.1. The molecule has 2 aromatic heterocycles. The molecule has 3 heterocycles. The molecule has 0 spiro atoms. The quantitative estimate of drug-likeness (QED) is 0.889. The first-order chi connectivity index (χ1) is 9.33. The Morgan fingerprint density at radius 2 is 1.95 bits per heavy atom. The van der Waals surface area contributed by atoms with E-state index in [0.717, 1.165) is 18.7 Å². The van der Waals surface area contributed by atoms with Gasteiger partial charge in [0.25, 0.3) is 11.8 Å². The van der Waals surface area contributed by atoms with Gasteiger partial charge in [-0.15, -0.1) is 0 Å². The lowest BCUT2D eigenvalue weighted by Gasteiger charge is -2.16. The molecule has 0 aromatic carbocycles. The van der Waals surface area contributed by atoms with Gasteiger partial charge in [-0.25, -0.2) is 4.98 Å². The van der Waals surface area contributed by atoms with Gasteiger partial charge in [-0.1, -0.05) is 12.8 Å². The second kappa shape index (κ2) is 5.26. The molecule has 1 aliphatic rings. The Kier molecular flexibility index (Phi) is 3.31. The number of hydrogen-bond donors (Lipinski definition) is 1. The fourth-order valence-corrected chi connectivity index (χ4v) is 2.31. The van der Waals surface area contributed by atoms with Crippen LogP contribution in [-0.2, 0) is 0 Å². The summed E-state index contributed by atoms with van der Waals surface area (Å²) < 4.78 is 5.31. The highest BCUT2D eigenvalue weighted by atomic mass is 16.5. The molecule has 19 heavy (non-hydrogen) atoms. The molecule has 1 saturated heterocycles. The third-order valence-corrected chi connectivity index (χ3v) is 3.33. The molecule has 2 aromatic rings. The van der Waals surface area contributed by atoms with Gasteiger partial charge in [-0.2, -0.15) is 4.98 Å². The molecule has 0 aliphatic carbocycles. The van der Waals surface area contributed by atoms with E-state index in [1.165, 1.54) is 25.7 Å². The molecular weight excluding hydrogens is 242 g/mol. The zero-order valence-electron chi connectivity index (χ0n) is 10.7. The van der Waals surface area contributed by atoms with Crippen molar-refractivity contribution in [2.45, 2.75) is 25.7 Å². The Hall–Kier alpha value is -2.11. The van der Waals surface area contributed by atoms with Crippen LogP contribution in [0.5, 0.6) is 0 Å². The van der Waals surface area contributed by atoms with Crippen molar-refractivity contribution in [3.63, 3.8) is 0 Å². The third kappa shape index (κ3) is 2.67. The summed E-state index contributed by atoms with van der Waals surface area (Å²) >= 11 is 0. The van der Waals surface area contributed by atoms with Gasteiger partial charge < -0.3 is 15.2 Å². The van der Waals surface area contributed by atoms with Gasteiger partial charge in [-0.05, 0) is 30.1 Å². The number of anilines is 2. The van der Waals surface area contributed by atoms with Crippen LogP contribution in [0.25, 0.3) is 11.5 Å². The zero-order valence-corrected chi connectivity index (χ0v) is 10.7. The highest BCUT2D eigenvalue weighted by Crippen LogP contribution is 2.22. The highest BCUT2D eigenvalue weighted by molar-refractivity contribution is 5.57. The van der Waals surface area contributed by atoms with E-state index in [1.54, 1.807) is 12.3 Å². The predicted molar refractivity (Wildman–Crippen MR) is 72.6 cm³/mol. The van der Waals surface area contributed by atoms with E-state index in [9.17, 15) is 0 Å². The Balaban J connectivity index is 1.82. The first-order valence-electron chi connectivity index (χ1n) is 6.63. The number of nitrogen functional groups attached to an aromatic ring is 1. The summed E-state index contributed by atoms with van der Waals surface area (Å²) in [5.74, 6) is 1.62. The van der Waals surface area contributed by atoms with Crippen LogP contribution in [0, 0.1) is 0 Å². The lowest BCUT2D eigenvalue weighted by Crippen LogP contribution is -2.24. The smallest absolute Gasteiger partial charge is 0.266 e. The largest absolute Gasteiger partial charge is 0.384 e. The van der Waals surface area contributed by atoms with Crippen molar-refractivity contribution in [3.8, 4) is 11.5 Å². The second-order valence-corrected chi connectivity index (χ2v) is 4.77. The van der Waals surface area contributed by atoms with Crippen molar-refractivity contribution in [1.82, 2.24) is 15.1 Å². The number of aromatic nitrogens is 3. The van der Waals surface area contributed by atoms with Gasteiger partial charge in [0.15, 0.2) is 0 Å². The van der Waals surface area contributed by atoms with Gasteiger partial charge in [0.1, 0.15) is 5.82 Å². The summed E-state index contributed by atoms with van der Waals surface area (Å²) in [5.41, 5.74) is 6.46. The van der Waals surface area contributed by atoms with Crippen molar-refractivity contribution in [1.29, 1.82) is 0 Å². The first-order valence-corrected chi connectivity index (χ1v) is 6.63. The fraction of sp³-hybridized carbons (Fsp3) is 0.462. The highest BCUT2D eigenvalue weighted by Gasteiger charge is 2.16. The lowest BCUT2D eigenvalue weighted by molar-refractivity contribution is 0.429. The van der Waals surface area contributed by atoms with Crippen molar-refractivity contribution in [2.75, 3.05) is 23.7 Å². The molecule has 6 nitrogen and oxygen atoms in total. The van der Waals surface area contributed by atoms with Gasteiger partial charge in [0, 0.05) is 24.8 Å². The summed E-state index contributed by atoms with van der Waals surface area (Å²) in [5, 5.41) is 4.07. The predicted octanol–water partition coefficient (Wildman–Crippen LogP) is 2.09. The van der Waals surface area contributed by atoms with Crippen LogP contribution in [0.3, 0.4) is 0 Å². The Morgan fingerprint density at radius 3 is 2.68 bits per heavy atom. The topological polar surface area (TPSA) is 81.1 Å². The van der Waals surface area contributed by atoms with Crippen LogP contribution in [0.2, 0.25) is 0 Å². The van der Waals surface area contributed by atoms with E-state index in [-0.39, 0.29) is 0 Å². The Morgan fingerprint density at radius 1 is 1.16 bits per heavy atom. The summed E-state index contributed by atoms with van der Waals surface area (Å²) in [7, 11) is 0. The molecule has 1 aliphatic heterocycles. The van der Waals surface area contributed by atoms with E-state index in [1.807, 2.05) is 6.07 Å². The van der Waals surface area contributed by atoms with Crippen LogP contribution in [0.4, 0.5) is 11.8 Å². The minimum Gasteiger partial charge on any atom is -0.384 e. The molecule has 0 bridgehead atoms. The first kappa shape index (κ1) is 12.0. The van der Waals surface area contributed by atoms with E-state index in [4.69, 9.17) is 10.3 Å². The summed E-state index contributed by atoms with van der Waals surface area (Å²) in [6.45, 7) is 1.99. The van der Waals surface area contributed by atoms with Crippen molar-refractivity contribution in [3.05, 3.63) is 18.3 Å². The number of nitrogens with two attached hydrogens (primary N) is 1. The molecular formula is C13H17N5O. The summed E-state index contributed by atoms with van der Waals surface area (Å²) in [6, 6.07) is 3.55. The average Bonchev–Trinajstić information content (AvgIpc) is 2.75. The fourth-order valence-electron chi connectivity index (χ4n) is 2.31. The molecule has 0 atom stereocenters. The van der Waals surface area contributed by atoms with Crippen LogP contribution in [-0.4, -0.2) is 28.2 Å². The van der Waals surface area contributed by atoms with Gasteiger partial charge in [0.2, 0.25) is 0 Å². The lowest BCUT2D eigenvalue weighted by atomic mass is 10.2. The molecule has 100 valence electrons. The number of pyridine rings is 1. The SMILES string of the molecule is Nc1cc(-c2nc(N3CCCCCC3)no2)ccn1. The minimum atomic E-state index is 0.451. The van der Waals surface area contributed by atoms with E-state index in [0.29, 0.717) is 17.7 Å². The third-order valence-electron chi connectivity index (χ3n) is 3.33. The molecule has 1 fully saturated rings. The van der Waals surface area contributed by atoms with E-state index < -0.39 is 0 Å². The standard InChI is InChI=1S/C13H17N5O/c14-11-9-10(5-6-15-11)12-16-13(17-19-12)18-7-3-1-2-4-8-18/h5-6,9H,1-4,7-8H2,(H2,14,15). The van der Waals surface area contributed by atoms with Crippen molar-refractivity contribution < 1.29 is 4.52 Å². The Labute approximate surface area is 111 Å². The second-order valence-electron chi connectivity index (χ2n) is 4.77. The maximum Gasteiger partial charge on any atom is 0.266 e. The number of hydrogen-bond acceptors (Lipinski definition) is 6. The number of nitrogens with zero attached hydrogens (tertiary/aromatic N) is 4. The van der Waals surface area contributed by atoms with Crippen LogP contribution in [0.1, 0.15) is 25.7 Å². The maximum atomic E-state index is 5.65. The summed E-state index contributed by atoms with van der Waals surface area (Å²) in [6.07, 6.45) is 6.57. The van der Waals surface area contributed by atoms with Gasteiger partial charge in [0.05, 0.1) is 0 Å². The maximum absolute atomic E-state index is 5.65. The molecule has 0 radical (unpaired) electrons. The van der Waals surface area contributed by atoms with Crippen LogP contribution < -0.4 is 10.6 Å². The van der Waals surface area contributed by atoms with E-state index >= 15 is 0 Å². The van der Waals surface area contributed by atoms with Crippen LogP contribution in [0.15, 0.2) is 22.9 Å². The van der Waals surface area contributed by atoms with Gasteiger partial charge >= 0.3 is 0 Å². The molecule has 6 heteroatoms. The Bertz CT molecular complexity index is 545. The van der Waals surface area contributed by atoms with Crippen molar-refractivity contribution in [2.24, 2.45) is 0 Å². The number of rotatable bonds is 2. The van der Waals surface area contributed by atoms with E-state index in [2.05, 4.69) is 20.0 Å².